The Morgan fingerprint density at radius 1 is 1.36 bits per heavy atom. The number of urea groups is 1. The molecule has 0 aromatic carbocycles. The molecule has 1 N–H and O–H groups in total. The van der Waals surface area contributed by atoms with Crippen molar-refractivity contribution in [2.75, 3.05) is 44.7 Å². The minimum atomic E-state index is -0.611. The Kier molecular flexibility index (Phi) is 4.01. The maximum atomic E-state index is 12.0. The minimum absolute atomic E-state index is 0.0200. The fourth-order valence-electron chi connectivity index (χ4n) is 3.38. The fraction of sp³-hybridized carbons (Fsp3) is 0.529. The molecule has 2 amide bonds. The normalized spacial score (nSPS) is 20.4. The van der Waals surface area contributed by atoms with E-state index < -0.39 is 6.10 Å². The van der Waals surface area contributed by atoms with Crippen molar-refractivity contribution >= 4 is 11.7 Å². The zero-order valence-electron chi connectivity index (χ0n) is 14.5. The van der Waals surface area contributed by atoms with E-state index in [1.165, 1.54) is 0 Å². The first kappa shape index (κ1) is 16.2. The van der Waals surface area contributed by atoms with E-state index in [0.29, 0.717) is 18.8 Å². The van der Waals surface area contributed by atoms with Crippen molar-refractivity contribution in [3.8, 4) is 0 Å². The van der Waals surface area contributed by atoms with E-state index in [-0.39, 0.29) is 12.1 Å². The summed E-state index contributed by atoms with van der Waals surface area (Å²) in [5.41, 5.74) is 0.846. The van der Waals surface area contributed by atoms with Gasteiger partial charge in [0.15, 0.2) is 0 Å². The van der Waals surface area contributed by atoms with E-state index in [2.05, 4.69) is 10.00 Å². The van der Waals surface area contributed by atoms with Gasteiger partial charge in [-0.15, -0.1) is 0 Å². The summed E-state index contributed by atoms with van der Waals surface area (Å²) in [7, 11) is 1.81. The molecule has 134 valence electrons. The average molecular weight is 345 g/mol. The van der Waals surface area contributed by atoms with Crippen LogP contribution in [0.5, 0.6) is 0 Å². The molecule has 0 aliphatic carbocycles. The van der Waals surface area contributed by atoms with Crippen molar-refractivity contribution in [3.05, 3.63) is 36.0 Å². The van der Waals surface area contributed by atoms with Gasteiger partial charge in [0.2, 0.25) is 0 Å². The lowest BCUT2D eigenvalue weighted by Crippen LogP contribution is -2.49. The lowest BCUT2D eigenvalue weighted by Gasteiger charge is -2.39. The van der Waals surface area contributed by atoms with Crippen molar-refractivity contribution in [2.24, 2.45) is 0 Å². The Balaban J connectivity index is 1.31. The molecule has 0 radical (unpaired) electrons. The largest absolute Gasteiger partial charge is 0.464 e. The van der Waals surface area contributed by atoms with E-state index >= 15 is 0 Å². The third-order valence-electron chi connectivity index (χ3n) is 4.95. The predicted molar refractivity (Wildman–Crippen MR) is 91.5 cm³/mol. The van der Waals surface area contributed by atoms with Crippen LogP contribution >= 0.6 is 0 Å². The summed E-state index contributed by atoms with van der Waals surface area (Å²) in [6, 6.07) is 3.97. The monoisotopic (exact) mass is 345 g/mol. The highest BCUT2D eigenvalue weighted by atomic mass is 16.4. The number of likely N-dealkylation sites (tertiary alicyclic amines) is 1. The summed E-state index contributed by atoms with van der Waals surface area (Å²) >= 11 is 0. The molecule has 2 fully saturated rings. The van der Waals surface area contributed by atoms with E-state index in [0.717, 1.165) is 31.1 Å². The van der Waals surface area contributed by atoms with Crippen molar-refractivity contribution in [1.29, 1.82) is 0 Å². The zero-order valence-corrected chi connectivity index (χ0v) is 14.5. The summed E-state index contributed by atoms with van der Waals surface area (Å²) in [5, 5.41) is 14.6. The van der Waals surface area contributed by atoms with Gasteiger partial charge >= 0.3 is 6.03 Å². The van der Waals surface area contributed by atoms with Gasteiger partial charge in [-0.05, 0) is 19.1 Å². The highest BCUT2D eigenvalue weighted by Crippen LogP contribution is 2.27. The maximum absolute atomic E-state index is 12.0. The first-order valence-electron chi connectivity index (χ1n) is 8.55. The molecular formula is C17H23N5O3. The second kappa shape index (κ2) is 6.20. The first-order chi connectivity index (χ1) is 12.0. The van der Waals surface area contributed by atoms with Crippen molar-refractivity contribution in [3.63, 3.8) is 0 Å². The van der Waals surface area contributed by atoms with Crippen LogP contribution in [0.2, 0.25) is 0 Å². The number of aliphatic hydroxyl groups is 1. The zero-order chi connectivity index (χ0) is 17.6. The number of aliphatic hydroxyl groups excluding tert-OH is 1. The predicted octanol–water partition coefficient (Wildman–Crippen LogP) is 1.25. The molecule has 25 heavy (non-hydrogen) atoms. The van der Waals surface area contributed by atoms with Crippen LogP contribution in [0.25, 0.3) is 0 Å². The average Bonchev–Trinajstić information content (AvgIpc) is 3.25. The van der Waals surface area contributed by atoms with Crippen LogP contribution in [0.1, 0.15) is 23.7 Å². The molecule has 0 saturated carbocycles. The summed E-state index contributed by atoms with van der Waals surface area (Å²) < 4.78 is 7.39. The number of furan rings is 1. The van der Waals surface area contributed by atoms with Crippen molar-refractivity contribution in [1.82, 2.24) is 19.6 Å². The Bertz CT molecular complexity index is 764. The second-order valence-electron chi connectivity index (χ2n) is 6.87. The molecule has 4 heterocycles. The van der Waals surface area contributed by atoms with Gasteiger partial charge in [0, 0.05) is 46.0 Å². The SMILES string of the molecule is Cc1ccc(C(O)CN2CC(n3cc(N4CCN(C)C4=O)cn3)C2)o1. The van der Waals surface area contributed by atoms with Gasteiger partial charge in [-0.1, -0.05) is 0 Å². The number of aromatic nitrogens is 2. The fourth-order valence-corrected chi connectivity index (χ4v) is 3.38. The number of hydrogen-bond donors (Lipinski definition) is 1. The highest BCUT2D eigenvalue weighted by Gasteiger charge is 2.32. The van der Waals surface area contributed by atoms with E-state index in [4.69, 9.17) is 4.42 Å². The Hall–Kier alpha value is -2.32. The van der Waals surface area contributed by atoms with E-state index in [1.807, 2.05) is 37.0 Å². The number of carbonyl (C=O) groups excluding carboxylic acids is 1. The molecule has 2 aliphatic heterocycles. The van der Waals surface area contributed by atoms with Gasteiger partial charge in [0.05, 0.1) is 17.9 Å². The number of β-amino-alcohol motifs (C(OH)–C–C–N with tert-alkyl or cyclic N) is 1. The molecule has 8 nitrogen and oxygen atoms in total. The smallest absolute Gasteiger partial charge is 0.324 e. The molecule has 0 bridgehead atoms. The number of likely N-dealkylation sites (N-methyl/N-ethyl adjacent to an activating group) is 1. The maximum Gasteiger partial charge on any atom is 0.324 e. The number of nitrogens with zero attached hydrogens (tertiary/aromatic N) is 5. The van der Waals surface area contributed by atoms with Crippen LogP contribution in [0, 0.1) is 6.92 Å². The van der Waals surface area contributed by atoms with Crippen LogP contribution in [-0.4, -0.2) is 70.5 Å². The Morgan fingerprint density at radius 2 is 2.16 bits per heavy atom. The van der Waals surface area contributed by atoms with Gasteiger partial charge in [-0.3, -0.25) is 14.5 Å². The number of carbonyl (C=O) groups is 1. The van der Waals surface area contributed by atoms with Crippen molar-refractivity contribution < 1.29 is 14.3 Å². The molecule has 1 atom stereocenters. The number of amides is 2. The van der Waals surface area contributed by atoms with Gasteiger partial charge in [-0.2, -0.15) is 5.10 Å². The van der Waals surface area contributed by atoms with Crippen LogP contribution in [0.3, 0.4) is 0 Å². The molecule has 2 aromatic rings. The first-order valence-corrected chi connectivity index (χ1v) is 8.55. The van der Waals surface area contributed by atoms with Gasteiger partial charge in [0.25, 0.3) is 0 Å². The number of hydrogen-bond acceptors (Lipinski definition) is 5. The third kappa shape index (κ3) is 3.03. The van der Waals surface area contributed by atoms with Crippen LogP contribution in [0.15, 0.2) is 28.9 Å². The molecule has 4 rings (SSSR count). The van der Waals surface area contributed by atoms with Crippen LogP contribution in [-0.2, 0) is 0 Å². The quantitative estimate of drug-likeness (QED) is 0.882. The summed E-state index contributed by atoms with van der Waals surface area (Å²) in [6.07, 6.45) is 3.08. The standard InChI is InChI=1S/C17H23N5O3/c1-12-3-4-16(25-12)15(23)11-20-8-14(9-20)22-10-13(7-18-22)21-6-5-19(2)17(21)24/h3-4,7,10,14-15,23H,5-6,8-9,11H2,1-2H3. The Labute approximate surface area is 146 Å². The second-order valence-corrected chi connectivity index (χ2v) is 6.87. The highest BCUT2D eigenvalue weighted by molar-refractivity contribution is 5.93. The lowest BCUT2D eigenvalue weighted by atomic mass is 10.1. The minimum Gasteiger partial charge on any atom is -0.464 e. The van der Waals surface area contributed by atoms with Crippen molar-refractivity contribution in [2.45, 2.75) is 19.1 Å². The van der Waals surface area contributed by atoms with E-state index in [9.17, 15) is 9.90 Å². The number of aryl methyl sites for hydroxylation is 1. The van der Waals surface area contributed by atoms with Crippen LogP contribution < -0.4 is 4.90 Å². The molecule has 2 saturated heterocycles. The van der Waals surface area contributed by atoms with Gasteiger partial charge < -0.3 is 14.4 Å². The van der Waals surface area contributed by atoms with Crippen LogP contribution in [0.4, 0.5) is 10.5 Å². The molecular weight excluding hydrogens is 322 g/mol. The lowest BCUT2D eigenvalue weighted by molar-refractivity contribution is 0.0312. The Morgan fingerprint density at radius 3 is 2.80 bits per heavy atom. The molecule has 2 aliphatic rings. The molecule has 0 spiro atoms. The van der Waals surface area contributed by atoms with Gasteiger partial charge in [-0.25, -0.2) is 4.79 Å². The topological polar surface area (TPSA) is 78.0 Å². The summed E-state index contributed by atoms with van der Waals surface area (Å²) in [5.74, 6) is 1.42. The number of anilines is 1. The molecule has 2 aromatic heterocycles. The van der Waals surface area contributed by atoms with Gasteiger partial charge in [0.1, 0.15) is 17.6 Å². The third-order valence-corrected chi connectivity index (χ3v) is 4.95. The molecule has 1 unspecified atom stereocenters. The number of rotatable bonds is 5. The van der Waals surface area contributed by atoms with E-state index in [1.54, 1.807) is 16.0 Å². The summed E-state index contributed by atoms with van der Waals surface area (Å²) in [6.45, 7) is 5.51. The molecule has 8 heteroatoms. The summed E-state index contributed by atoms with van der Waals surface area (Å²) in [4.78, 5) is 17.7.